The highest BCUT2D eigenvalue weighted by molar-refractivity contribution is 8.18. The Bertz CT molecular complexity index is 1530. The Morgan fingerprint density at radius 2 is 1.80 bits per heavy atom. The number of hydrogen-bond acceptors (Lipinski definition) is 9. The fraction of sp³-hybridized carbons (Fsp3) is 0.143. The number of nitro benzene ring substituents is 1. The van der Waals surface area contributed by atoms with Crippen LogP contribution in [0.1, 0.15) is 21.5 Å². The van der Waals surface area contributed by atoms with E-state index in [0.717, 1.165) is 10.5 Å². The molecule has 0 aromatic heterocycles. The lowest BCUT2D eigenvalue weighted by Gasteiger charge is -2.12. The van der Waals surface area contributed by atoms with Gasteiger partial charge in [0.2, 0.25) is 0 Å². The number of aryl methyl sites for hydroxylation is 1. The molecular formula is C28H23N3O8S. The van der Waals surface area contributed by atoms with E-state index in [2.05, 4.69) is 5.32 Å². The molecule has 0 atom stereocenters. The fourth-order valence-electron chi connectivity index (χ4n) is 3.75. The Morgan fingerprint density at radius 1 is 1.05 bits per heavy atom. The molecule has 40 heavy (non-hydrogen) atoms. The number of ether oxygens (including phenoxy) is 2. The number of benzene rings is 3. The topological polar surface area (TPSA) is 145 Å². The molecule has 1 saturated heterocycles. The first-order valence-corrected chi connectivity index (χ1v) is 12.7. The Kier molecular flexibility index (Phi) is 8.60. The molecule has 0 radical (unpaired) electrons. The van der Waals surface area contributed by atoms with E-state index in [1.165, 1.54) is 37.5 Å². The maximum atomic E-state index is 12.9. The molecule has 1 aliphatic rings. The molecule has 3 aromatic rings. The molecule has 0 aliphatic carbocycles. The summed E-state index contributed by atoms with van der Waals surface area (Å²) in [5, 5.41) is 12.9. The summed E-state index contributed by atoms with van der Waals surface area (Å²) < 4.78 is 11.0. The number of ketones is 1. The summed E-state index contributed by atoms with van der Waals surface area (Å²) >= 11 is 0.686. The summed E-state index contributed by atoms with van der Waals surface area (Å²) in [6, 6.07) is 17.1. The van der Waals surface area contributed by atoms with E-state index >= 15 is 0 Å². The van der Waals surface area contributed by atoms with Gasteiger partial charge in [0.05, 0.1) is 23.5 Å². The molecule has 3 amide bonds. The van der Waals surface area contributed by atoms with Crippen LogP contribution in [0.3, 0.4) is 0 Å². The maximum absolute atomic E-state index is 12.9. The molecule has 0 saturated carbocycles. The summed E-state index contributed by atoms with van der Waals surface area (Å²) in [6.07, 6.45) is 1.48. The molecule has 12 heteroatoms. The summed E-state index contributed by atoms with van der Waals surface area (Å²) in [7, 11) is 1.43. The predicted molar refractivity (Wildman–Crippen MR) is 148 cm³/mol. The van der Waals surface area contributed by atoms with Crippen molar-refractivity contribution in [1.29, 1.82) is 0 Å². The van der Waals surface area contributed by atoms with Crippen molar-refractivity contribution in [3.05, 3.63) is 98.4 Å². The zero-order valence-corrected chi connectivity index (χ0v) is 22.2. The van der Waals surface area contributed by atoms with Crippen molar-refractivity contribution in [2.24, 2.45) is 0 Å². The van der Waals surface area contributed by atoms with Gasteiger partial charge >= 0.3 is 0 Å². The summed E-state index contributed by atoms with van der Waals surface area (Å²) in [5.74, 6) is -0.912. The Balaban J connectivity index is 1.40. The van der Waals surface area contributed by atoms with Crippen molar-refractivity contribution in [3.8, 4) is 11.5 Å². The van der Waals surface area contributed by atoms with E-state index in [0.29, 0.717) is 34.5 Å². The SMILES string of the molecule is COc1cc(/C=C2/SC(=O)N(CC(=O)c3ccc([N+](=O)[O-])cc3)C2=O)ccc1OCC(=O)Nc1cccc(C)c1. The highest BCUT2D eigenvalue weighted by Gasteiger charge is 2.36. The van der Waals surface area contributed by atoms with Crippen LogP contribution in [-0.4, -0.2) is 52.9 Å². The number of thioether (sulfide) groups is 1. The number of anilines is 1. The van der Waals surface area contributed by atoms with Crippen LogP contribution in [0.25, 0.3) is 6.08 Å². The van der Waals surface area contributed by atoms with Gasteiger partial charge in [0.15, 0.2) is 23.9 Å². The first-order valence-electron chi connectivity index (χ1n) is 11.8. The minimum Gasteiger partial charge on any atom is -0.493 e. The minimum atomic E-state index is -0.641. The van der Waals surface area contributed by atoms with Gasteiger partial charge in [-0.3, -0.25) is 34.2 Å². The van der Waals surface area contributed by atoms with Crippen LogP contribution in [0, 0.1) is 17.0 Å². The third-order valence-electron chi connectivity index (χ3n) is 5.72. The Labute approximate surface area is 232 Å². The van der Waals surface area contributed by atoms with E-state index in [4.69, 9.17) is 9.47 Å². The first kappa shape index (κ1) is 28.0. The number of methoxy groups -OCH3 is 1. The van der Waals surface area contributed by atoms with E-state index in [1.54, 1.807) is 24.3 Å². The van der Waals surface area contributed by atoms with Crippen LogP contribution in [0.15, 0.2) is 71.6 Å². The zero-order chi connectivity index (χ0) is 28.8. The summed E-state index contributed by atoms with van der Waals surface area (Å²) in [6.45, 7) is 1.16. The number of imide groups is 1. The third-order valence-corrected chi connectivity index (χ3v) is 6.63. The van der Waals surface area contributed by atoms with E-state index in [-0.39, 0.29) is 28.7 Å². The molecule has 1 aliphatic heterocycles. The van der Waals surface area contributed by atoms with Gasteiger partial charge in [-0.15, -0.1) is 0 Å². The highest BCUT2D eigenvalue weighted by Crippen LogP contribution is 2.34. The molecule has 1 fully saturated rings. The van der Waals surface area contributed by atoms with Gasteiger partial charge in [0.1, 0.15) is 0 Å². The molecular weight excluding hydrogens is 538 g/mol. The van der Waals surface area contributed by atoms with Gasteiger partial charge < -0.3 is 14.8 Å². The summed E-state index contributed by atoms with van der Waals surface area (Å²) in [5.41, 5.74) is 2.15. The van der Waals surface area contributed by atoms with Crippen LogP contribution >= 0.6 is 11.8 Å². The van der Waals surface area contributed by atoms with Crippen LogP contribution in [0.5, 0.6) is 11.5 Å². The second-order valence-corrected chi connectivity index (χ2v) is 9.60. The maximum Gasteiger partial charge on any atom is 0.293 e. The second-order valence-electron chi connectivity index (χ2n) is 8.61. The van der Waals surface area contributed by atoms with Crippen LogP contribution < -0.4 is 14.8 Å². The average Bonchev–Trinajstić information content (AvgIpc) is 3.19. The Morgan fingerprint density at radius 3 is 2.48 bits per heavy atom. The number of Topliss-reactive ketones (excluding diaryl/α,β-unsaturated/α-hetero) is 1. The highest BCUT2D eigenvalue weighted by atomic mass is 32.2. The molecule has 3 aromatic carbocycles. The number of non-ortho nitro benzene ring substituents is 1. The second kappa shape index (κ2) is 12.3. The molecule has 0 spiro atoms. The zero-order valence-electron chi connectivity index (χ0n) is 21.4. The lowest BCUT2D eigenvalue weighted by Crippen LogP contribution is -2.33. The largest absolute Gasteiger partial charge is 0.493 e. The van der Waals surface area contributed by atoms with Gasteiger partial charge in [-0.1, -0.05) is 18.2 Å². The standard InChI is InChI=1S/C28H23N3O8S/c1-17-4-3-5-20(12-17)29-26(33)16-39-23-11-6-18(13-24(23)38-2)14-25-27(34)30(28(35)40-25)15-22(32)19-7-9-21(10-8-19)31(36)37/h3-14H,15-16H2,1-2H3,(H,29,33)/b25-14+. The van der Waals surface area contributed by atoms with E-state index in [1.807, 2.05) is 25.1 Å². The lowest BCUT2D eigenvalue weighted by molar-refractivity contribution is -0.384. The number of carbonyl (C=O) groups is 4. The molecule has 204 valence electrons. The molecule has 1 heterocycles. The van der Waals surface area contributed by atoms with Crippen LogP contribution in [0.2, 0.25) is 0 Å². The Hall–Kier alpha value is -4.97. The number of carbonyl (C=O) groups excluding carboxylic acids is 4. The number of rotatable bonds is 10. The third kappa shape index (κ3) is 6.72. The quantitative estimate of drug-likeness (QED) is 0.159. The molecule has 1 N–H and O–H groups in total. The number of amides is 3. The molecule has 0 bridgehead atoms. The van der Waals surface area contributed by atoms with Crippen molar-refractivity contribution >= 4 is 52.0 Å². The molecule has 0 unspecified atom stereocenters. The van der Waals surface area contributed by atoms with Gasteiger partial charge in [-0.05, 0) is 72.3 Å². The predicted octanol–water partition coefficient (Wildman–Crippen LogP) is 4.85. The number of nitrogens with one attached hydrogen (secondary N) is 1. The van der Waals surface area contributed by atoms with Crippen LogP contribution in [-0.2, 0) is 9.59 Å². The number of nitro groups is 1. The average molecular weight is 562 g/mol. The molecule has 4 rings (SSSR count). The molecule has 11 nitrogen and oxygen atoms in total. The van der Waals surface area contributed by atoms with Gasteiger partial charge in [0.25, 0.3) is 22.7 Å². The van der Waals surface area contributed by atoms with E-state index in [9.17, 15) is 29.3 Å². The van der Waals surface area contributed by atoms with Gasteiger partial charge in [-0.2, -0.15) is 0 Å². The number of hydrogen-bond donors (Lipinski definition) is 1. The minimum absolute atomic E-state index is 0.106. The monoisotopic (exact) mass is 561 g/mol. The van der Waals surface area contributed by atoms with Crippen molar-refractivity contribution in [2.45, 2.75) is 6.92 Å². The first-order chi connectivity index (χ1) is 19.1. The van der Waals surface area contributed by atoms with Gasteiger partial charge in [0, 0.05) is 23.4 Å². The lowest BCUT2D eigenvalue weighted by atomic mass is 10.1. The van der Waals surface area contributed by atoms with Crippen molar-refractivity contribution in [3.63, 3.8) is 0 Å². The normalized spacial score (nSPS) is 13.8. The van der Waals surface area contributed by atoms with Crippen molar-refractivity contribution in [1.82, 2.24) is 4.90 Å². The van der Waals surface area contributed by atoms with Gasteiger partial charge in [-0.25, -0.2) is 0 Å². The van der Waals surface area contributed by atoms with Crippen LogP contribution in [0.4, 0.5) is 16.2 Å². The smallest absolute Gasteiger partial charge is 0.293 e. The fourth-order valence-corrected chi connectivity index (χ4v) is 4.59. The van der Waals surface area contributed by atoms with Crippen molar-refractivity contribution in [2.75, 3.05) is 25.6 Å². The van der Waals surface area contributed by atoms with Crippen molar-refractivity contribution < 1.29 is 33.6 Å². The van der Waals surface area contributed by atoms with E-state index < -0.39 is 28.4 Å². The summed E-state index contributed by atoms with van der Waals surface area (Å²) in [4.78, 5) is 61.4. The number of nitrogens with zero attached hydrogens (tertiary/aromatic N) is 2.